The van der Waals surface area contributed by atoms with Crippen LogP contribution < -0.4 is 5.73 Å². The van der Waals surface area contributed by atoms with Gasteiger partial charge in [0, 0.05) is 30.1 Å². The number of hydrogen-bond acceptors (Lipinski definition) is 5. The lowest BCUT2D eigenvalue weighted by Gasteiger charge is -2.31. The van der Waals surface area contributed by atoms with Crippen LogP contribution in [0.4, 0.5) is 0 Å². The number of benzene rings is 2. The van der Waals surface area contributed by atoms with Gasteiger partial charge in [0.1, 0.15) is 5.52 Å². The zero-order chi connectivity index (χ0) is 24.4. The van der Waals surface area contributed by atoms with E-state index in [9.17, 15) is 13.2 Å². The van der Waals surface area contributed by atoms with E-state index in [1.165, 1.54) is 12.8 Å². The Hall–Kier alpha value is -2.75. The Bertz CT molecular complexity index is 1290. The van der Waals surface area contributed by atoms with Crippen molar-refractivity contribution in [1.29, 1.82) is 0 Å². The molecular formula is C26H33N5O3S. The molecule has 2 saturated heterocycles. The van der Waals surface area contributed by atoms with Gasteiger partial charge in [-0.05, 0) is 75.0 Å². The van der Waals surface area contributed by atoms with Gasteiger partial charge in [-0.15, -0.1) is 0 Å². The van der Waals surface area contributed by atoms with Crippen LogP contribution in [-0.4, -0.2) is 72.2 Å². The summed E-state index contributed by atoms with van der Waals surface area (Å²) in [7, 11) is -3.25. The summed E-state index contributed by atoms with van der Waals surface area (Å²) in [5.74, 6) is -0.160. The topological polar surface area (TPSA) is 112 Å². The predicted octanol–water partition coefficient (Wildman–Crippen LogP) is 3.32. The van der Waals surface area contributed by atoms with Gasteiger partial charge in [0.05, 0.1) is 11.3 Å². The molecule has 0 aliphatic carbocycles. The first-order chi connectivity index (χ1) is 16.9. The smallest absolute Gasteiger partial charge is 0.251 e. The molecule has 3 heterocycles. The molecule has 3 N–H and O–H groups in total. The SMILES string of the molecule is NC(=O)c1cc(-c2ccccc2)cc2c(C3CCN(S(=O)(=O)CCCN4CCCC4)CC3)[nH]nc12. The number of piperidine rings is 1. The molecule has 3 aromatic rings. The molecule has 0 bridgehead atoms. The maximum absolute atomic E-state index is 12.9. The van der Waals surface area contributed by atoms with Crippen LogP contribution >= 0.6 is 0 Å². The number of carbonyl (C=O) groups excluding carboxylic acids is 1. The van der Waals surface area contributed by atoms with E-state index < -0.39 is 15.9 Å². The van der Waals surface area contributed by atoms with Crippen LogP contribution in [0.3, 0.4) is 0 Å². The third kappa shape index (κ3) is 5.12. The average Bonchev–Trinajstić information content (AvgIpc) is 3.54. The molecule has 0 atom stereocenters. The zero-order valence-electron chi connectivity index (χ0n) is 19.9. The molecule has 5 rings (SSSR count). The lowest BCUT2D eigenvalue weighted by Crippen LogP contribution is -2.39. The average molecular weight is 496 g/mol. The molecule has 2 aliphatic rings. The van der Waals surface area contributed by atoms with Crippen LogP contribution in [0, 0.1) is 0 Å². The highest BCUT2D eigenvalue weighted by Crippen LogP contribution is 2.35. The van der Waals surface area contributed by atoms with Gasteiger partial charge < -0.3 is 10.6 Å². The number of aromatic nitrogens is 2. The minimum atomic E-state index is -3.25. The molecular weight excluding hydrogens is 462 g/mol. The molecule has 186 valence electrons. The Morgan fingerprint density at radius 3 is 2.43 bits per heavy atom. The van der Waals surface area contributed by atoms with E-state index in [0.29, 0.717) is 43.4 Å². The van der Waals surface area contributed by atoms with Crippen molar-refractivity contribution in [1.82, 2.24) is 19.4 Å². The summed E-state index contributed by atoms with van der Waals surface area (Å²) in [6, 6.07) is 13.7. The van der Waals surface area contributed by atoms with Crippen LogP contribution in [0.5, 0.6) is 0 Å². The van der Waals surface area contributed by atoms with Crippen LogP contribution in [0.15, 0.2) is 42.5 Å². The minimum Gasteiger partial charge on any atom is -0.366 e. The number of nitrogens with two attached hydrogens (primary N) is 1. The highest BCUT2D eigenvalue weighted by Gasteiger charge is 2.30. The number of carbonyl (C=O) groups is 1. The van der Waals surface area contributed by atoms with E-state index in [1.54, 1.807) is 10.4 Å². The first-order valence-corrected chi connectivity index (χ1v) is 14.1. The molecule has 0 spiro atoms. The van der Waals surface area contributed by atoms with Gasteiger partial charge >= 0.3 is 0 Å². The van der Waals surface area contributed by atoms with Crippen LogP contribution in [-0.2, 0) is 10.0 Å². The number of nitrogens with zero attached hydrogens (tertiary/aromatic N) is 3. The monoisotopic (exact) mass is 495 g/mol. The first kappa shape index (κ1) is 24.0. The summed E-state index contributed by atoms with van der Waals surface area (Å²) in [5, 5.41) is 8.46. The maximum Gasteiger partial charge on any atom is 0.251 e. The maximum atomic E-state index is 12.9. The second kappa shape index (κ2) is 10.1. The number of hydrogen-bond donors (Lipinski definition) is 2. The largest absolute Gasteiger partial charge is 0.366 e. The molecule has 2 fully saturated rings. The van der Waals surface area contributed by atoms with Gasteiger partial charge in [-0.25, -0.2) is 12.7 Å². The Morgan fingerprint density at radius 2 is 1.74 bits per heavy atom. The first-order valence-electron chi connectivity index (χ1n) is 12.5. The summed E-state index contributed by atoms with van der Waals surface area (Å²) in [6.45, 7) is 4.04. The number of primary amides is 1. The van der Waals surface area contributed by atoms with E-state index in [1.807, 2.05) is 30.3 Å². The molecule has 0 radical (unpaired) electrons. The number of nitrogens with one attached hydrogen (secondary N) is 1. The van der Waals surface area contributed by atoms with Gasteiger partial charge in [0.2, 0.25) is 10.0 Å². The van der Waals surface area contributed by atoms with E-state index >= 15 is 0 Å². The van der Waals surface area contributed by atoms with Crippen molar-refractivity contribution in [2.75, 3.05) is 38.5 Å². The van der Waals surface area contributed by atoms with E-state index in [0.717, 1.165) is 41.8 Å². The summed E-state index contributed by atoms with van der Waals surface area (Å²) < 4.78 is 27.5. The van der Waals surface area contributed by atoms with Crippen molar-refractivity contribution in [3.63, 3.8) is 0 Å². The lowest BCUT2D eigenvalue weighted by atomic mass is 9.90. The summed E-state index contributed by atoms with van der Waals surface area (Å²) in [4.78, 5) is 14.6. The van der Waals surface area contributed by atoms with Crippen molar-refractivity contribution in [3.05, 3.63) is 53.7 Å². The Morgan fingerprint density at radius 1 is 1.03 bits per heavy atom. The molecule has 8 nitrogen and oxygen atoms in total. The molecule has 0 saturated carbocycles. The lowest BCUT2D eigenvalue weighted by molar-refractivity contribution is 0.100. The molecule has 0 unspecified atom stereocenters. The van der Waals surface area contributed by atoms with Gasteiger partial charge in [0.15, 0.2) is 0 Å². The number of rotatable bonds is 8. The second-order valence-electron chi connectivity index (χ2n) is 9.68. The van der Waals surface area contributed by atoms with Crippen LogP contribution in [0.2, 0.25) is 0 Å². The Balaban J connectivity index is 1.31. The second-order valence-corrected chi connectivity index (χ2v) is 11.8. The fourth-order valence-electron chi connectivity index (χ4n) is 5.46. The van der Waals surface area contributed by atoms with Gasteiger partial charge in [-0.3, -0.25) is 9.89 Å². The highest BCUT2D eigenvalue weighted by atomic mass is 32.2. The summed E-state index contributed by atoms with van der Waals surface area (Å²) in [6.07, 6.45) is 4.55. The number of H-pyrrole nitrogens is 1. The number of amides is 1. The Labute approximate surface area is 206 Å². The van der Waals surface area contributed by atoms with Crippen LogP contribution in [0.25, 0.3) is 22.0 Å². The molecule has 35 heavy (non-hydrogen) atoms. The third-order valence-corrected chi connectivity index (χ3v) is 9.35. The van der Waals surface area contributed by atoms with Gasteiger partial charge in [-0.1, -0.05) is 30.3 Å². The van der Waals surface area contributed by atoms with Crippen LogP contribution in [0.1, 0.15) is 54.1 Å². The minimum absolute atomic E-state index is 0.141. The van der Waals surface area contributed by atoms with Crippen molar-refractivity contribution < 1.29 is 13.2 Å². The van der Waals surface area contributed by atoms with Crippen molar-refractivity contribution in [2.24, 2.45) is 5.73 Å². The number of likely N-dealkylation sites (tertiary alicyclic amines) is 1. The molecule has 2 aromatic carbocycles. The van der Waals surface area contributed by atoms with Crippen molar-refractivity contribution in [3.8, 4) is 11.1 Å². The standard InChI is InChI=1S/C26H33N5O3S/c27-26(32)23-18-21(19-7-2-1-3-8-19)17-22-24(28-29-25(22)23)20-9-14-31(15-10-20)35(33,34)16-6-13-30-11-4-5-12-30/h1-3,7-8,17-18,20H,4-6,9-16H2,(H2,27,32)(H,28,29). The highest BCUT2D eigenvalue weighted by molar-refractivity contribution is 7.89. The molecule has 2 aliphatic heterocycles. The molecule has 1 aromatic heterocycles. The van der Waals surface area contributed by atoms with Gasteiger partial charge in [0.25, 0.3) is 5.91 Å². The molecule has 9 heteroatoms. The predicted molar refractivity (Wildman–Crippen MR) is 138 cm³/mol. The normalized spacial score (nSPS) is 18.4. The number of fused-ring (bicyclic) bond motifs is 1. The fraction of sp³-hybridized carbons (Fsp3) is 0.462. The third-order valence-electron chi connectivity index (χ3n) is 7.39. The van der Waals surface area contributed by atoms with E-state index in [-0.39, 0.29) is 11.7 Å². The summed E-state index contributed by atoms with van der Waals surface area (Å²) in [5.41, 5.74) is 9.51. The summed E-state index contributed by atoms with van der Waals surface area (Å²) >= 11 is 0. The fourth-order valence-corrected chi connectivity index (χ4v) is 6.98. The van der Waals surface area contributed by atoms with E-state index in [2.05, 4.69) is 21.2 Å². The quantitative estimate of drug-likeness (QED) is 0.498. The van der Waals surface area contributed by atoms with Gasteiger partial charge in [-0.2, -0.15) is 5.10 Å². The van der Waals surface area contributed by atoms with Crippen molar-refractivity contribution >= 4 is 26.8 Å². The number of aromatic amines is 1. The molecule has 1 amide bonds. The van der Waals surface area contributed by atoms with Crippen molar-refractivity contribution in [2.45, 2.75) is 38.0 Å². The Kier molecular flexibility index (Phi) is 6.91. The number of sulfonamides is 1. The van der Waals surface area contributed by atoms with E-state index in [4.69, 9.17) is 5.73 Å². The zero-order valence-corrected chi connectivity index (χ0v) is 20.8.